The van der Waals surface area contributed by atoms with Crippen LogP contribution in [0, 0.1) is 35.6 Å². The van der Waals surface area contributed by atoms with Crippen LogP contribution in [0.2, 0.25) is 0 Å². The third-order valence-electron chi connectivity index (χ3n) is 10.6. The van der Waals surface area contributed by atoms with Crippen molar-refractivity contribution in [3.05, 3.63) is 142 Å². The molecule has 0 fully saturated rings. The predicted molar refractivity (Wildman–Crippen MR) is 308 cm³/mol. The highest BCUT2D eigenvalue weighted by Gasteiger charge is 2.26. The molecule has 0 radical (unpaired) electrons. The molecule has 5 aromatic rings. The van der Waals surface area contributed by atoms with Crippen molar-refractivity contribution in [3.63, 3.8) is 0 Å². The molecule has 1 heterocycles. The number of para-hydroxylation sites is 2. The van der Waals surface area contributed by atoms with Gasteiger partial charge in [0, 0.05) is 41.4 Å². The van der Waals surface area contributed by atoms with E-state index in [0.29, 0.717) is 43.6 Å². The van der Waals surface area contributed by atoms with Crippen LogP contribution in [-0.2, 0) is 25.6 Å². The molecule has 0 bridgehead atoms. The van der Waals surface area contributed by atoms with E-state index in [2.05, 4.69) is 53.9 Å². The van der Waals surface area contributed by atoms with E-state index in [-0.39, 0.29) is 64.1 Å². The fourth-order valence-corrected chi connectivity index (χ4v) is 6.86. The molecule has 8 N–H and O–H groups in total. The molecule has 0 unspecified atom stereocenters. The number of halogens is 4. The number of azide groups is 1. The lowest BCUT2D eigenvalue weighted by molar-refractivity contribution is -0.123. The van der Waals surface area contributed by atoms with E-state index >= 15 is 0 Å². The van der Waals surface area contributed by atoms with Crippen molar-refractivity contribution in [3.8, 4) is 29.5 Å². The van der Waals surface area contributed by atoms with Gasteiger partial charge >= 0.3 is 12.2 Å². The number of amides is 4. The van der Waals surface area contributed by atoms with Crippen molar-refractivity contribution in [2.24, 2.45) is 16.6 Å². The van der Waals surface area contributed by atoms with Crippen LogP contribution in [-0.4, -0.2) is 107 Å². The number of nitrogens with two attached hydrogens (primary N) is 2. The molecule has 0 saturated heterocycles. The van der Waals surface area contributed by atoms with E-state index in [4.69, 9.17) is 35.9 Å². The number of hydrogen-bond donors (Lipinski definition) is 6. The smallest absolute Gasteiger partial charge is 0.407 e. The van der Waals surface area contributed by atoms with Gasteiger partial charge in [-0.25, -0.2) is 31.8 Å². The number of unbranched alkanes of at least 4 members (excludes halogenated alkanes) is 2. The maximum Gasteiger partial charge on any atom is 0.407 e. The number of Topliss-reactive ketones (excluding diaryl/α,β-unsaturated/α-hetero) is 2. The highest BCUT2D eigenvalue weighted by Crippen LogP contribution is 2.23. The first-order chi connectivity index (χ1) is 38.9. The second kappa shape index (κ2) is 37.1. The van der Waals surface area contributed by atoms with Crippen molar-refractivity contribution >= 4 is 41.3 Å². The van der Waals surface area contributed by atoms with Crippen LogP contribution in [0.25, 0.3) is 16.1 Å². The SMILES string of the molecule is C.C.C#CCN.CC(C)(C)OC(=O)NCCCC[C@H](NC(=O)c1cccc(-n2cc(CN)nn2)c1)C(=O)COc1c(F)cccc1F.CC(C)(C)OC(=O)NCCCC[C@H](NC(=O)c1cccc(N=[N+]=[N-])c1)C(=O)COc1c(F)cccc1F. The standard InChI is InChI=1S/C28H34F2N6O5.C25H29F2N5O5.C3H5N.2CH4/c1-28(2,3)41-27(39)32-13-5-4-12-23(24(37)17-40-25-21(29)10-7-11-22(25)30)33-26(38)18-8-6-9-20(14-18)36-16-19(15-31)34-35-36;1-25(2,3)37-24(35)29-13-5-4-12-20(21(33)15-36-22-18(26)10-7-11-19(22)27)30-23(34)16-8-6-9-17(14-16)31-32-28;1-2-3-4;;/h6-11,14,16,23H,4-5,12-13,15,17,31H2,1-3H3,(H,32,39)(H,33,38);6-11,14,20H,4-5,12-13,15H2,1-3H3,(H,29,35)(H,30,34);1H,3-4H2;2*1H4/t23-;20-;;;/m00.../s1. The summed E-state index contributed by atoms with van der Waals surface area (Å²) in [6.45, 7) is 10.2. The third kappa shape index (κ3) is 27.1. The van der Waals surface area contributed by atoms with Crippen LogP contribution in [0.1, 0.15) is 121 Å². The first-order valence-electron chi connectivity index (χ1n) is 25.6. The molecule has 456 valence electrons. The van der Waals surface area contributed by atoms with Gasteiger partial charge in [-0.1, -0.05) is 61.4 Å². The number of alkyl carbamates (subject to hydrolysis) is 2. The van der Waals surface area contributed by atoms with Gasteiger partial charge in [-0.2, -0.15) is 0 Å². The summed E-state index contributed by atoms with van der Waals surface area (Å²) in [7, 11) is 0. The molecule has 22 nitrogen and oxygen atoms in total. The molecule has 0 aliphatic rings. The summed E-state index contributed by atoms with van der Waals surface area (Å²) in [6.07, 6.45) is 7.29. The number of ketones is 2. The highest BCUT2D eigenvalue weighted by atomic mass is 19.1. The van der Waals surface area contributed by atoms with Gasteiger partial charge in [0.15, 0.2) is 46.3 Å². The average Bonchev–Trinajstić information content (AvgIpc) is 4.13. The van der Waals surface area contributed by atoms with Gasteiger partial charge in [0.25, 0.3) is 11.8 Å². The molecule has 26 heteroatoms. The Morgan fingerprint density at radius 1 is 0.679 bits per heavy atom. The highest BCUT2D eigenvalue weighted by molar-refractivity contribution is 5.99. The number of carbonyl (C=O) groups excluding carboxylic acids is 6. The zero-order valence-electron chi connectivity index (χ0n) is 46.3. The van der Waals surface area contributed by atoms with Crippen molar-refractivity contribution in [1.82, 2.24) is 36.3 Å². The number of carbonyl (C=O) groups is 6. The molecule has 1 aromatic heterocycles. The van der Waals surface area contributed by atoms with E-state index < -0.39 is 107 Å². The van der Waals surface area contributed by atoms with Crippen LogP contribution >= 0.6 is 0 Å². The van der Waals surface area contributed by atoms with Crippen LogP contribution < -0.4 is 42.2 Å². The molecule has 0 saturated carbocycles. The second-order valence-corrected chi connectivity index (χ2v) is 19.6. The molecule has 5 rings (SSSR count). The number of terminal acetylenes is 1. The fraction of sp³-hybridized carbons (Fsp3) is 0.414. The number of hydrogen-bond acceptors (Lipinski definition) is 15. The number of nitrogens with one attached hydrogen (secondary N) is 4. The van der Waals surface area contributed by atoms with Crippen molar-refractivity contribution < 1.29 is 65.3 Å². The zero-order chi connectivity index (χ0) is 60.8. The maximum atomic E-state index is 14.0. The van der Waals surface area contributed by atoms with Gasteiger partial charge in [0.2, 0.25) is 0 Å². The van der Waals surface area contributed by atoms with Crippen molar-refractivity contribution in [1.29, 1.82) is 0 Å². The Hall–Kier alpha value is -9.05. The Bertz CT molecular complexity index is 2990. The lowest BCUT2D eigenvalue weighted by Crippen LogP contribution is -2.43. The summed E-state index contributed by atoms with van der Waals surface area (Å²) in [5.74, 6) is -5.33. The van der Waals surface area contributed by atoms with Gasteiger partial charge in [-0.3, -0.25) is 19.2 Å². The molecular weight excluding hydrogens is 1100 g/mol. The van der Waals surface area contributed by atoms with E-state index in [1.165, 1.54) is 35.0 Å². The maximum absolute atomic E-state index is 14.0. The minimum atomic E-state index is -1.05. The van der Waals surface area contributed by atoms with Crippen LogP contribution in [0.3, 0.4) is 0 Å². The molecule has 4 amide bonds. The molecule has 0 aliphatic carbocycles. The minimum Gasteiger partial charge on any atom is -0.480 e. The minimum absolute atomic E-state index is 0. The third-order valence-corrected chi connectivity index (χ3v) is 10.6. The Kier molecular flexibility index (Phi) is 32.3. The normalized spacial score (nSPS) is 11.2. The molecule has 84 heavy (non-hydrogen) atoms. The number of benzene rings is 4. The number of rotatable bonds is 25. The van der Waals surface area contributed by atoms with Gasteiger partial charge in [-0.15, -0.1) is 11.5 Å². The van der Waals surface area contributed by atoms with Crippen molar-refractivity contribution in [2.75, 3.05) is 32.8 Å². The largest absolute Gasteiger partial charge is 0.480 e. The van der Waals surface area contributed by atoms with Crippen LogP contribution in [0.4, 0.5) is 32.8 Å². The number of nitrogens with zero attached hydrogens (tertiary/aromatic N) is 6. The molecule has 0 spiro atoms. The second-order valence-electron chi connectivity index (χ2n) is 19.6. The summed E-state index contributed by atoms with van der Waals surface area (Å²) in [5.41, 5.74) is 19.4. The first kappa shape index (κ1) is 73.0. The van der Waals surface area contributed by atoms with Gasteiger partial charge < -0.3 is 51.7 Å². The van der Waals surface area contributed by atoms with E-state index in [1.54, 1.807) is 72.0 Å². The molecule has 2 atom stereocenters. The average molecular weight is 1180 g/mol. The molecule has 0 aliphatic heterocycles. The predicted octanol–water partition coefficient (Wildman–Crippen LogP) is 9.64. The lowest BCUT2D eigenvalue weighted by atomic mass is 10.0. The first-order valence-corrected chi connectivity index (χ1v) is 25.6. The number of ether oxygens (including phenoxy) is 4. The monoisotopic (exact) mass is 1180 g/mol. The van der Waals surface area contributed by atoms with Crippen LogP contribution in [0.5, 0.6) is 11.5 Å². The Morgan fingerprint density at radius 2 is 1.10 bits per heavy atom. The summed E-state index contributed by atoms with van der Waals surface area (Å²) >= 11 is 0. The summed E-state index contributed by atoms with van der Waals surface area (Å²) < 4.78 is 77.7. The Labute approximate surface area is 486 Å². The quantitative estimate of drug-likeness (QED) is 0.00791. The zero-order valence-corrected chi connectivity index (χ0v) is 46.3. The summed E-state index contributed by atoms with van der Waals surface area (Å²) in [4.78, 5) is 78.1. The number of aromatic nitrogens is 3. The Balaban J connectivity index is 0.000000775. The van der Waals surface area contributed by atoms with Crippen molar-refractivity contribution in [2.45, 2.75) is 125 Å². The van der Waals surface area contributed by atoms with E-state index in [9.17, 15) is 46.3 Å². The topological polar surface area (TPSA) is 319 Å². The van der Waals surface area contributed by atoms with Crippen LogP contribution in [0.15, 0.2) is 96.2 Å². The van der Waals surface area contributed by atoms with Gasteiger partial charge in [-0.05, 0) is 140 Å². The van der Waals surface area contributed by atoms with E-state index in [0.717, 1.165) is 30.3 Å². The van der Waals surface area contributed by atoms with E-state index in [1.807, 2.05) is 0 Å². The molecular formula is C58H76F4N12O10. The Morgan fingerprint density at radius 3 is 1.49 bits per heavy atom. The van der Waals surface area contributed by atoms with Gasteiger partial charge in [0.05, 0.1) is 36.2 Å². The fourth-order valence-electron chi connectivity index (χ4n) is 6.86. The summed E-state index contributed by atoms with van der Waals surface area (Å²) in [5, 5.41) is 21.9. The lowest BCUT2D eigenvalue weighted by Gasteiger charge is -2.20. The molecule has 4 aromatic carbocycles. The summed E-state index contributed by atoms with van der Waals surface area (Å²) in [6, 6.07) is 16.6. The van der Waals surface area contributed by atoms with Gasteiger partial charge in [0.1, 0.15) is 24.4 Å².